The SMILES string of the molecule is CCOC(=O)c1ccc(N)c(N2CCC(C(N)=O)C2)c1. The number of carbonyl (C=O) groups excluding carboxylic acids is 2. The summed E-state index contributed by atoms with van der Waals surface area (Å²) >= 11 is 0. The van der Waals surface area contributed by atoms with Crippen molar-refractivity contribution in [3.63, 3.8) is 0 Å². The number of amides is 1. The molecule has 1 amide bonds. The quantitative estimate of drug-likeness (QED) is 0.625. The van der Waals surface area contributed by atoms with E-state index in [9.17, 15) is 9.59 Å². The van der Waals surface area contributed by atoms with Gasteiger partial charge in [-0.05, 0) is 31.5 Å². The molecule has 108 valence electrons. The minimum Gasteiger partial charge on any atom is -0.462 e. The summed E-state index contributed by atoms with van der Waals surface area (Å²) < 4.78 is 4.97. The number of primary amides is 1. The normalized spacial score (nSPS) is 18.1. The van der Waals surface area contributed by atoms with Gasteiger partial charge in [0.05, 0.1) is 29.5 Å². The fourth-order valence-electron chi connectivity index (χ4n) is 2.37. The van der Waals surface area contributed by atoms with Crippen LogP contribution in [0.5, 0.6) is 0 Å². The average Bonchev–Trinajstić information content (AvgIpc) is 2.89. The van der Waals surface area contributed by atoms with E-state index in [-0.39, 0.29) is 17.8 Å². The standard InChI is InChI=1S/C14H19N3O3/c1-2-20-14(19)9-3-4-11(15)12(7-9)17-6-5-10(8-17)13(16)18/h3-4,7,10H,2,5-6,8,15H2,1H3,(H2,16,18). The first kappa shape index (κ1) is 14.2. The smallest absolute Gasteiger partial charge is 0.338 e. The molecule has 0 bridgehead atoms. The second-order valence-corrected chi connectivity index (χ2v) is 4.83. The molecule has 0 aromatic heterocycles. The van der Waals surface area contributed by atoms with Gasteiger partial charge in [0.25, 0.3) is 0 Å². The van der Waals surface area contributed by atoms with Crippen LogP contribution in [0.4, 0.5) is 11.4 Å². The Hall–Kier alpha value is -2.24. The summed E-state index contributed by atoms with van der Waals surface area (Å²) in [5, 5.41) is 0. The van der Waals surface area contributed by atoms with E-state index in [0.717, 1.165) is 5.69 Å². The molecule has 0 spiro atoms. The Morgan fingerprint density at radius 1 is 1.45 bits per heavy atom. The summed E-state index contributed by atoms with van der Waals surface area (Å²) in [7, 11) is 0. The monoisotopic (exact) mass is 277 g/mol. The third-order valence-corrected chi connectivity index (χ3v) is 3.47. The summed E-state index contributed by atoms with van der Waals surface area (Å²) in [5.41, 5.74) is 13.1. The molecular formula is C14H19N3O3. The van der Waals surface area contributed by atoms with Crippen molar-refractivity contribution in [2.24, 2.45) is 11.7 Å². The van der Waals surface area contributed by atoms with Crippen LogP contribution in [0.15, 0.2) is 18.2 Å². The molecule has 4 N–H and O–H groups in total. The van der Waals surface area contributed by atoms with Crippen molar-refractivity contribution < 1.29 is 14.3 Å². The number of nitrogens with two attached hydrogens (primary N) is 2. The third-order valence-electron chi connectivity index (χ3n) is 3.47. The van der Waals surface area contributed by atoms with Crippen LogP contribution in [-0.2, 0) is 9.53 Å². The molecule has 1 unspecified atom stereocenters. The van der Waals surface area contributed by atoms with Gasteiger partial charge in [-0.2, -0.15) is 0 Å². The Bertz CT molecular complexity index is 530. The molecule has 1 atom stereocenters. The minimum absolute atomic E-state index is 0.166. The molecule has 6 heteroatoms. The molecule has 20 heavy (non-hydrogen) atoms. The molecule has 1 aromatic rings. The molecule has 0 radical (unpaired) electrons. The maximum Gasteiger partial charge on any atom is 0.338 e. The minimum atomic E-state index is -0.376. The number of ether oxygens (including phenoxy) is 1. The second kappa shape index (κ2) is 5.81. The largest absolute Gasteiger partial charge is 0.462 e. The van der Waals surface area contributed by atoms with Crippen molar-refractivity contribution >= 4 is 23.3 Å². The summed E-state index contributed by atoms with van der Waals surface area (Å²) in [6.07, 6.45) is 0.707. The van der Waals surface area contributed by atoms with Crippen LogP contribution in [-0.4, -0.2) is 31.6 Å². The lowest BCUT2D eigenvalue weighted by atomic mass is 10.1. The van der Waals surface area contributed by atoms with Gasteiger partial charge >= 0.3 is 5.97 Å². The number of anilines is 2. The highest BCUT2D eigenvalue weighted by Gasteiger charge is 2.28. The molecule has 1 aliphatic heterocycles. The Kier molecular flexibility index (Phi) is 4.12. The van der Waals surface area contributed by atoms with Crippen LogP contribution < -0.4 is 16.4 Å². The maximum atomic E-state index is 11.7. The third kappa shape index (κ3) is 2.84. The number of carbonyl (C=O) groups is 2. The number of hydrogen-bond acceptors (Lipinski definition) is 5. The van der Waals surface area contributed by atoms with Crippen LogP contribution in [0.25, 0.3) is 0 Å². The van der Waals surface area contributed by atoms with E-state index in [1.807, 2.05) is 4.90 Å². The fourth-order valence-corrected chi connectivity index (χ4v) is 2.37. The Morgan fingerprint density at radius 3 is 2.80 bits per heavy atom. The Balaban J connectivity index is 2.21. The molecule has 1 heterocycles. The van der Waals surface area contributed by atoms with Gasteiger partial charge in [0.1, 0.15) is 0 Å². The molecule has 6 nitrogen and oxygen atoms in total. The van der Waals surface area contributed by atoms with Gasteiger partial charge in [-0.3, -0.25) is 4.79 Å². The van der Waals surface area contributed by atoms with Crippen molar-refractivity contribution in [2.45, 2.75) is 13.3 Å². The van der Waals surface area contributed by atoms with E-state index in [1.54, 1.807) is 25.1 Å². The van der Waals surface area contributed by atoms with Crippen molar-refractivity contribution in [3.05, 3.63) is 23.8 Å². The van der Waals surface area contributed by atoms with Crippen molar-refractivity contribution in [2.75, 3.05) is 30.3 Å². The van der Waals surface area contributed by atoms with Gasteiger partial charge in [0.2, 0.25) is 5.91 Å². The number of nitrogen functional groups attached to an aromatic ring is 1. The lowest BCUT2D eigenvalue weighted by Crippen LogP contribution is -2.27. The van der Waals surface area contributed by atoms with Gasteiger partial charge in [0, 0.05) is 13.1 Å². The van der Waals surface area contributed by atoms with E-state index in [0.29, 0.717) is 37.4 Å². The number of rotatable bonds is 4. The summed E-state index contributed by atoms with van der Waals surface area (Å²) in [5.74, 6) is -0.840. The fraction of sp³-hybridized carbons (Fsp3) is 0.429. The molecule has 1 saturated heterocycles. The molecular weight excluding hydrogens is 258 g/mol. The summed E-state index contributed by atoms with van der Waals surface area (Å²) in [4.78, 5) is 24.9. The molecule has 1 fully saturated rings. The van der Waals surface area contributed by atoms with E-state index < -0.39 is 0 Å². The topological polar surface area (TPSA) is 98.7 Å². The molecule has 0 saturated carbocycles. The lowest BCUT2D eigenvalue weighted by molar-refractivity contribution is -0.121. The van der Waals surface area contributed by atoms with Crippen molar-refractivity contribution in [1.29, 1.82) is 0 Å². The highest BCUT2D eigenvalue weighted by atomic mass is 16.5. The second-order valence-electron chi connectivity index (χ2n) is 4.83. The van der Waals surface area contributed by atoms with Crippen LogP contribution in [0.3, 0.4) is 0 Å². The lowest BCUT2D eigenvalue weighted by Gasteiger charge is -2.21. The number of hydrogen-bond donors (Lipinski definition) is 2. The van der Waals surface area contributed by atoms with E-state index >= 15 is 0 Å². The van der Waals surface area contributed by atoms with Crippen LogP contribution in [0.2, 0.25) is 0 Å². The maximum absolute atomic E-state index is 11.7. The van der Waals surface area contributed by atoms with Gasteiger partial charge < -0.3 is 21.1 Å². The number of benzene rings is 1. The first-order chi connectivity index (χ1) is 9.52. The summed E-state index contributed by atoms with van der Waals surface area (Å²) in [6, 6.07) is 5.02. The Morgan fingerprint density at radius 2 is 2.20 bits per heavy atom. The first-order valence-corrected chi connectivity index (χ1v) is 6.63. The highest BCUT2D eigenvalue weighted by molar-refractivity contribution is 5.92. The Labute approximate surface area is 117 Å². The predicted octanol–water partition coefficient (Wildman–Crippen LogP) is 0.757. The number of nitrogens with zero attached hydrogens (tertiary/aromatic N) is 1. The highest BCUT2D eigenvalue weighted by Crippen LogP contribution is 2.30. The van der Waals surface area contributed by atoms with Gasteiger partial charge in [-0.15, -0.1) is 0 Å². The molecule has 0 aliphatic carbocycles. The summed E-state index contributed by atoms with van der Waals surface area (Å²) in [6.45, 7) is 3.32. The molecule has 1 aromatic carbocycles. The van der Waals surface area contributed by atoms with E-state index in [4.69, 9.17) is 16.2 Å². The van der Waals surface area contributed by atoms with Crippen LogP contribution in [0, 0.1) is 5.92 Å². The average molecular weight is 277 g/mol. The zero-order valence-electron chi connectivity index (χ0n) is 11.5. The van der Waals surface area contributed by atoms with Gasteiger partial charge in [0.15, 0.2) is 0 Å². The molecule has 1 aliphatic rings. The van der Waals surface area contributed by atoms with Gasteiger partial charge in [-0.1, -0.05) is 0 Å². The van der Waals surface area contributed by atoms with E-state index in [2.05, 4.69) is 0 Å². The zero-order valence-corrected chi connectivity index (χ0v) is 11.5. The first-order valence-electron chi connectivity index (χ1n) is 6.63. The van der Waals surface area contributed by atoms with Crippen LogP contribution in [0.1, 0.15) is 23.7 Å². The van der Waals surface area contributed by atoms with Crippen molar-refractivity contribution in [3.8, 4) is 0 Å². The zero-order chi connectivity index (χ0) is 14.7. The van der Waals surface area contributed by atoms with Crippen LogP contribution >= 0.6 is 0 Å². The van der Waals surface area contributed by atoms with Crippen molar-refractivity contribution in [1.82, 2.24) is 0 Å². The molecule has 2 rings (SSSR count). The van der Waals surface area contributed by atoms with E-state index in [1.165, 1.54) is 0 Å². The predicted molar refractivity (Wildman–Crippen MR) is 76.3 cm³/mol. The number of esters is 1. The van der Waals surface area contributed by atoms with Gasteiger partial charge in [-0.25, -0.2) is 4.79 Å².